The zero-order valence-corrected chi connectivity index (χ0v) is 14.3. The van der Waals surface area contributed by atoms with E-state index in [1.165, 1.54) is 7.11 Å². The van der Waals surface area contributed by atoms with E-state index in [2.05, 4.69) is 27.7 Å². The largest absolute Gasteiger partial charge is 0.464 e. The zero-order valence-electron chi connectivity index (χ0n) is 12.1. The maximum Gasteiger partial charge on any atom is 0.435 e. The van der Waals surface area contributed by atoms with Crippen LogP contribution in [0.3, 0.4) is 0 Å². The van der Waals surface area contributed by atoms with Gasteiger partial charge < -0.3 is 9.47 Å². The van der Waals surface area contributed by atoms with E-state index < -0.39 is 17.7 Å². The molecule has 0 unspecified atom stereocenters. The van der Waals surface area contributed by atoms with Gasteiger partial charge in [-0.25, -0.2) is 9.59 Å². The van der Waals surface area contributed by atoms with Crippen molar-refractivity contribution in [2.75, 3.05) is 7.11 Å². The number of aromatic nitrogens is 2. The fraction of sp³-hybridized carbons (Fsp3) is 0.357. The second-order valence-corrected chi connectivity index (χ2v) is 6.64. The molecule has 112 valence electrons. The third-order valence-corrected chi connectivity index (χ3v) is 3.26. The first kappa shape index (κ1) is 15.7. The molecule has 0 aliphatic heterocycles. The highest BCUT2D eigenvalue weighted by Gasteiger charge is 2.24. The third kappa shape index (κ3) is 3.34. The van der Waals surface area contributed by atoms with Crippen molar-refractivity contribution in [2.24, 2.45) is 0 Å². The monoisotopic (exact) mass is 402 g/mol. The number of halogens is 1. The number of hydrogen-bond acceptors (Lipinski definition) is 5. The Balaban J connectivity index is 2.60. The predicted molar refractivity (Wildman–Crippen MR) is 85.4 cm³/mol. The molecular weight excluding hydrogens is 387 g/mol. The molecule has 21 heavy (non-hydrogen) atoms. The normalized spacial score (nSPS) is 11.5. The van der Waals surface area contributed by atoms with Gasteiger partial charge in [0.2, 0.25) is 0 Å². The standard InChI is InChI=1S/C14H15IN2O4/c1-14(2,3)21-13(19)17-10-6-5-8(15)7-9(10)11(16-17)12(18)20-4/h5-7H,1-4H3. The van der Waals surface area contributed by atoms with Crippen molar-refractivity contribution in [2.45, 2.75) is 26.4 Å². The van der Waals surface area contributed by atoms with Crippen molar-refractivity contribution in [1.29, 1.82) is 0 Å². The smallest absolute Gasteiger partial charge is 0.435 e. The Hall–Kier alpha value is -1.64. The van der Waals surface area contributed by atoms with E-state index >= 15 is 0 Å². The molecule has 0 aliphatic rings. The van der Waals surface area contributed by atoms with Crippen molar-refractivity contribution in [3.05, 3.63) is 27.5 Å². The lowest BCUT2D eigenvalue weighted by Crippen LogP contribution is -2.27. The van der Waals surface area contributed by atoms with Crippen LogP contribution in [0.5, 0.6) is 0 Å². The first-order chi connectivity index (χ1) is 9.73. The maximum absolute atomic E-state index is 12.2. The van der Waals surface area contributed by atoms with Gasteiger partial charge in [0.05, 0.1) is 12.6 Å². The minimum absolute atomic E-state index is 0.0943. The summed E-state index contributed by atoms with van der Waals surface area (Å²) in [5.41, 5.74) is -0.0498. The van der Waals surface area contributed by atoms with Crippen LogP contribution in [0.25, 0.3) is 10.9 Å². The van der Waals surface area contributed by atoms with E-state index in [1.807, 2.05) is 6.07 Å². The van der Waals surface area contributed by atoms with Gasteiger partial charge in [-0.05, 0) is 61.6 Å². The summed E-state index contributed by atoms with van der Waals surface area (Å²) in [6.07, 6.45) is -0.635. The molecule has 0 N–H and O–H groups in total. The first-order valence-corrected chi connectivity index (χ1v) is 7.31. The Kier molecular flexibility index (Phi) is 4.22. The second kappa shape index (κ2) is 5.63. The molecule has 0 atom stereocenters. The van der Waals surface area contributed by atoms with Crippen LogP contribution in [0.1, 0.15) is 31.3 Å². The molecule has 0 amide bonds. The first-order valence-electron chi connectivity index (χ1n) is 6.23. The van der Waals surface area contributed by atoms with Crippen LogP contribution < -0.4 is 0 Å². The summed E-state index contributed by atoms with van der Waals surface area (Å²) in [5.74, 6) is -0.593. The molecule has 0 aliphatic carbocycles. The minimum Gasteiger partial charge on any atom is -0.464 e. The molecular formula is C14H15IN2O4. The van der Waals surface area contributed by atoms with Crippen molar-refractivity contribution >= 4 is 45.6 Å². The van der Waals surface area contributed by atoms with Gasteiger partial charge in [-0.15, -0.1) is 0 Å². The lowest BCUT2D eigenvalue weighted by molar-refractivity contribution is 0.0519. The minimum atomic E-state index is -0.649. The molecule has 6 nitrogen and oxygen atoms in total. The van der Waals surface area contributed by atoms with E-state index in [4.69, 9.17) is 9.47 Å². The molecule has 2 rings (SSSR count). The summed E-state index contributed by atoms with van der Waals surface area (Å²) in [6, 6.07) is 5.32. The Morgan fingerprint density at radius 1 is 1.29 bits per heavy atom. The maximum atomic E-state index is 12.2. The number of nitrogens with zero attached hydrogens (tertiary/aromatic N) is 2. The molecule has 1 aromatic carbocycles. The summed E-state index contributed by atoms with van der Waals surface area (Å²) in [6.45, 7) is 5.29. The molecule has 0 saturated heterocycles. The van der Waals surface area contributed by atoms with Gasteiger partial charge in [0.1, 0.15) is 5.60 Å². The molecule has 0 spiro atoms. The highest BCUT2D eigenvalue weighted by Crippen LogP contribution is 2.23. The van der Waals surface area contributed by atoms with Crippen LogP contribution in [-0.4, -0.2) is 34.6 Å². The number of benzene rings is 1. The lowest BCUT2D eigenvalue weighted by atomic mass is 10.2. The Labute approximate surface area is 135 Å². The van der Waals surface area contributed by atoms with Crippen molar-refractivity contribution in [3.8, 4) is 0 Å². The predicted octanol–water partition coefficient (Wildman–Crippen LogP) is 3.21. The van der Waals surface area contributed by atoms with Crippen LogP contribution in [0, 0.1) is 3.57 Å². The average molecular weight is 402 g/mol. The van der Waals surface area contributed by atoms with Gasteiger partial charge in [-0.3, -0.25) is 0 Å². The second-order valence-electron chi connectivity index (χ2n) is 5.39. The van der Waals surface area contributed by atoms with E-state index in [0.717, 1.165) is 8.25 Å². The number of carbonyl (C=O) groups excluding carboxylic acids is 2. The van der Waals surface area contributed by atoms with Crippen molar-refractivity contribution < 1.29 is 19.1 Å². The summed E-state index contributed by atoms with van der Waals surface area (Å²) < 4.78 is 12.0. The number of methoxy groups -OCH3 is 1. The highest BCUT2D eigenvalue weighted by molar-refractivity contribution is 14.1. The van der Waals surface area contributed by atoms with E-state index in [9.17, 15) is 9.59 Å². The number of ether oxygens (including phenoxy) is 2. The fourth-order valence-corrected chi connectivity index (χ4v) is 2.27. The van der Waals surface area contributed by atoms with E-state index in [1.54, 1.807) is 32.9 Å². The number of hydrogen-bond donors (Lipinski definition) is 0. The van der Waals surface area contributed by atoms with Gasteiger partial charge in [0.25, 0.3) is 0 Å². The van der Waals surface area contributed by atoms with Crippen LogP contribution >= 0.6 is 22.6 Å². The van der Waals surface area contributed by atoms with Crippen LogP contribution in [0.4, 0.5) is 4.79 Å². The molecule has 0 saturated carbocycles. The summed E-state index contributed by atoms with van der Waals surface area (Å²) in [7, 11) is 1.27. The third-order valence-electron chi connectivity index (χ3n) is 2.59. The Morgan fingerprint density at radius 2 is 1.95 bits per heavy atom. The number of rotatable bonds is 1. The van der Waals surface area contributed by atoms with E-state index in [0.29, 0.717) is 10.9 Å². The SMILES string of the molecule is COC(=O)c1nn(C(=O)OC(C)(C)C)c2ccc(I)cc12. The summed E-state index contributed by atoms with van der Waals surface area (Å²) in [5, 5.41) is 4.60. The van der Waals surface area contributed by atoms with Gasteiger partial charge in [0, 0.05) is 8.96 Å². The van der Waals surface area contributed by atoms with Gasteiger partial charge in [0.15, 0.2) is 5.69 Å². The molecule has 1 aromatic heterocycles. The number of fused-ring (bicyclic) bond motifs is 1. The lowest BCUT2D eigenvalue weighted by Gasteiger charge is -2.19. The molecule has 0 bridgehead atoms. The highest BCUT2D eigenvalue weighted by atomic mass is 127. The Bertz CT molecular complexity index is 716. The van der Waals surface area contributed by atoms with Gasteiger partial charge >= 0.3 is 12.1 Å². The molecule has 0 fully saturated rings. The summed E-state index contributed by atoms with van der Waals surface area (Å²) in [4.78, 5) is 24.0. The van der Waals surface area contributed by atoms with Crippen molar-refractivity contribution in [3.63, 3.8) is 0 Å². The molecule has 7 heteroatoms. The quantitative estimate of drug-likeness (QED) is 0.541. The van der Waals surface area contributed by atoms with Crippen molar-refractivity contribution in [1.82, 2.24) is 9.78 Å². The molecule has 1 heterocycles. The van der Waals surface area contributed by atoms with Crippen LogP contribution in [0.15, 0.2) is 18.2 Å². The van der Waals surface area contributed by atoms with Gasteiger partial charge in [-0.1, -0.05) is 0 Å². The van der Waals surface area contributed by atoms with Gasteiger partial charge in [-0.2, -0.15) is 9.78 Å². The number of carbonyl (C=O) groups is 2. The van der Waals surface area contributed by atoms with Crippen LogP contribution in [0.2, 0.25) is 0 Å². The average Bonchev–Trinajstić information content (AvgIpc) is 2.74. The summed E-state index contributed by atoms with van der Waals surface area (Å²) >= 11 is 2.12. The topological polar surface area (TPSA) is 70.4 Å². The van der Waals surface area contributed by atoms with E-state index in [-0.39, 0.29) is 5.69 Å². The zero-order chi connectivity index (χ0) is 15.8. The molecule has 0 radical (unpaired) electrons. The fourth-order valence-electron chi connectivity index (χ4n) is 1.78. The van der Waals surface area contributed by atoms with Crippen LogP contribution in [-0.2, 0) is 9.47 Å². The number of esters is 1. The Morgan fingerprint density at radius 3 is 2.52 bits per heavy atom. The molecule has 2 aromatic rings.